The van der Waals surface area contributed by atoms with Crippen molar-refractivity contribution in [3.05, 3.63) is 35.7 Å². The van der Waals surface area contributed by atoms with Gasteiger partial charge in [-0.2, -0.15) is 5.10 Å². The van der Waals surface area contributed by atoms with Gasteiger partial charge in [0.05, 0.1) is 23.8 Å². The van der Waals surface area contributed by atoms with Gasteiger partial charge in [0.1, 0.15) is 0 Å². The van der Waals surface area contributed by atoms with Crippen LogP contribution in [0.25, 0.3) is 0 Å². The molecule has 0 atom stereocenters. The number of rotatable bonds is 4. The van der Waals surface area contributed by atoms with Crippen LogP contribution in [0.1, 0.15) is 50.1 Å². The van der Waals surface area contributed by atoms with Gasteiger partial charge in [-0.05, 0) is 19.8 Å². The van der Waals surface area contributed by atoms with E-state index in [4.69, 9.17) is 0 Å². The quantitative estimate of drug-likeness (QED) is 0.908. The Morgan fingerprint density at radius 3 is 2.77 bits per heavy atom. The van der Waals surface area contributed by atoms with E-state index in [2.05, 4.69) is 38.0 Å². The van der Waals surface area contributed by atoms with Crippen molar-refractivity contribution in [3.8, 4) is 0 Å². The topological polar surface area (TPSA) is 70.1 Å². The van der Waals surface area contributed by atoms with Crippen LogP contribution in [0.15, 0.2) is 18.7 Å². The Bertz CT molecular complexity index is 771. The maximum Gasteiger partial charge on any atom is 0.223 e. The number of aromatic nitrogens is 4. The van der Waals surface area contributed by atoms with Gasteiger partial charge in [0.25, 0.3) is 0 Å². The van der Waals surface area contributed by atoms with E-state index in [9.17, 15) is 4.79 Å². The molecule has 0 aliphatic carbocycles. The predicted molar refractivity (Wildman–Crippen MR) is 98.4 cm³/mol. The van der Waals surface area contributed by atoms with Crippen molar-refractivity contribution in [2.45, 2.75) is 58.2 Å². The van der Waals surface area contributed by atoms with Gasteiger partial charge >= 0.3 is 0 Å². The lowest BCUT2D eigenvalue weighted by Crippen LogP contribution is -2.58. The van der Waals surface area contributed by atoms with Crippen LogP contribution in [0, 0.1) is 0 Å². The number of aromatic amines is 1. The van der Waals surface area contributed by atoms with Crippen molar-refractivity contribution in [1.82, 2.24) is 29.5 Å². The molecule has 1 saturated heterocycles. The lowest BCUT2D eigenvalue weighted by Gasteiger charge is -2.50. The number of hydrogen-bond donors (Lipinski definition) is 1. The van der Waals surface area contributed by atoms with E-state index in [1.807, 2.05) is 17.8 Å². The second-order valence-corrected chi connectivity index (χ2v) is 7.39. The summed E-state index contributed by atoms with van der Waals surface area (Å²) in [5, 5.41) is 4.38. The average molecular weight is 356 g/mol. The van der Waals surface area contributed by atoms with Gasteiger partial charge in [-0.25, -0.2) is 4.98 Å². The Morgan fingerprint density at radius 2 is 2.08 bits per heavy atom. The molecule has 1 spiro atoms. The average Bonchev–Trinajstić information content (AvgIpc) is 3.33. The largest absolute Gasteiger partial charge is 0.348 e. The fraction of sp³-hybridized carbons (Fsp3) is 0.632. The summed E-state index contributed by atoms with van der Waals surface area (Å²) >= 11 is 0. The Morgan fingerprint density at radius 1 is 1.27 bits per heavy atom. The number of aryl methyl sites for hydroxylation is 1. The highest BCUT2D eigenvalue weighted by atomic mass is 16.2. The SMILES string of the molecule is CCC(=O)N1CCc2[nH]cnc2C12CCN(Cc1cnn(CC)c1)CC2. The van der Waals surface area contributed by atoms with Crippen molar-refractivity contribution in [3.63, 3.8) is 0 Å². The summed E-state index contributed by atoms with van der Waals surface area (Å²) in [6, 6.07) is 0. The van der Waals surface area contributed by atoms with Gasteiger partial charge in [0.2, 0.25) is 5.91 Å². The van der Waals surface area contributed by atoms with Crippen LogP contribution in [0.5, 0.6) is 0 Å². The minimum atomic E-state index is -0.231. The minimum Gasteiger partial charge on any atom is -0.348 e. The molecule has 140 valence electrons. The third kappa shape index (κ3) is 2.84. The second kappa shape index (κ2) is 6.87. The van der Waals surface area contributed by atoms with Crippen molar-refractivity contribution in [1.29, 1.82) is 0 Å². The molecular formula is C19H28N6O. The molecule has 4 heterocycles. The highest BCUT2D eigenvalue weighted by Crippen LogP contribution is 2.42. The molecule has 0 unspecified atom stereocenters. The van der Waals surface area contributed by atoms with E-state index < -0.39 is 0 Å². The van der Waals surface area contributed by atoms with Crippen LogP contribution in [0.2, 0.25) is 0 Å². The van der Waals surface area contributed by atoms with Gasteiger partial charge in [-0.1, -0.05) is 6.92 Å². The van der Waals surface area contributed by atoms with Crippen molar-refractivity contribution < 1.29 is 4.79 Å². The number of carbonyl (C=O) groups is 1. The molecular weight excluding hydrogens is 328 g/mol. The summed E-state index contributed by atoms with van der Waals surface area (Å²) in [7, 11) is 0. The van der Waals surface area contributed by atoms with E-state index >= 15 is 0 Å². The van der Waals surface area contributed by atoms with E-state index in [1.165, 1.54) is 11.3 Å². The molecule has 2 aliphatic heterocycles. The first-order chi connectivity index (χ1) is 12.7. The summed E-state index contributed by atoms with van der Waals surface area (Å²) < 4.78 is 1.97. The molecule has 2 aromatic rings. The fourth-order valence-electron chi connectivity index (χ4n) is 4.54. The molecule has 4 rings (SSSR count). The lowest BCUT2D eigenvalue weighted by atomic mass is 9.78. The van der Waals surface area contributed by atoms with Crippen LogP contribution in [-0.4, -0.2) is 55.1 Å². The molecule has 0 bridgehead atoms. The molecule has 0 aromatic carbocycles. The monoisotopic (exact) mass is 356 g/mol. The van der Waals surface area contributed by atoms with Gasteiger partial charge in [0.15, 0.2) is 0 Å². The second-order valence-electron chi connectivity index (χ2n) is 7.39. The molecule has 2 aliphatic rings. The zero-order valence-electron chi connectivity index (χ0n) is 15.7. The molecule has 0 saturated carbocycles. The van der Waals surface area contributed by atoms with Crippen LogP contribution in [0.3, 0.4) is 0 Å². The fourth-order valence-corrected chi connectivity index (χ4v) is 4.54. The van der Waals surface area contributed by atoms with Crippen LogP contribution < -0.4 is 0 Å². The number of amides is 1. The third-order valence-electron chi connectivity index (χ3n) is 5.96. The summed E-state index contributed by atoms with van der Waals surface area (Å²) in [5.74, 6) is 0.247. The van der Waals surface area contributed by atoms with Crippen molar-refractivity contribution >= 4 is 5.91 Å². The van der Waals surface area contributed by atoms with Gasteiger partial charge in [-0.15, -0.1) is 0 Å². The van der Waals surface area contributed by atoms with Crippen LogP contribution in [-0.2, 0) is 29.8 Å². The number of piperidine rings is 1. The van der Waals surface area contributed by atoms with Gasteiger partial charge in [-0.3, -0.25) is 14.4 Å². The number of hydrogen-bond acceptors (Lipinski definition) is 4. The first-order valence-corrected chi connectivity index (χ1v) is 9.73. The van der Waals surface area contributed by atoms with Crippen LogP contribution in [0.4, 0.5) is 0 Å². The highest BCUT2D eigenvalue weighted by molar-refractivity contribution is 5.77. The number of nitrogens with zero attached hydrogens (tertiary/aromatic N) is 5. The predicted octanol–water partition coefficient (Wildman–Crippen LogP) is 1.91. The van der Waals surface area contributed by atoms with Crippen molar-refractivity contribution in [2.24, 2.45) is 0 Å². The van der Waals surface area contributed by atoms with E-state index in [0.717, 1.165) is 57.7 Å². The smallest absolute Gasteiger partial charge is 0.223 e. The van der Waals surface area contributed by atoms with Crippen molar-refractivity contribution in [2.75, 3.05) is 19.6 Å². The maximum absolute atomic E-state index is 12.6. The molecule has 1 N–H and O–H groups in total. The number of imidazole rings is 1. The Hall–Kier alpha value is -2.15. The first-order valence-electron chi connectivity index (χ1n) is 9.73. The van der Waals surface area contributed by atoms with E-state index in [1.54, 1.807) is 6.33 Å². The lowest BCUT2D eigenvalue weighted by molar-refractivity contribution is -0.141. The Kier molecular flexibility index (Phi) is 4.56. The third-order valence-corrected chi connectivity index (χ3v) is 5.96. The standard InChI is InChI=1S/C19H28N6O/c1-3-17(26)25-8-5-16-18(21-14-20-16)19(25)6-9-23(10-7-19)12-15-11-22-24(4-2)13-15/h11,13-14H,3-10,12H2,1-2H3,(H,20,21). The highest BCUT2D eigenvalue weighted by Gasteiger charge is 2.48. The number of H-pyrrole nitrogens is 1. The summed E-state index contributed by atoms with van der Waals surface area (Å²) in [4.78, 5) is 25.2. The molecule has 26 heavy (non-hydrogen) atoms. The molecule has 2 aromatic heterocycles. The Balaban J connectivity index is 1.52. The number of carbonyl (C=O) groups excluding carboxylic acids is 1. The molecule has 7 heteroatoms. The number of fused-ring (bicyclic) bond motifs is 2. The number of likely N-dealkylation sites (tertiary alicyclic amines) is 1. The van der Waals surface area contributed by atoms with Gasteiger partial charge in [0, 0.05) is 63.0 Å². The summed E-state index contributed by atoms with van der Waals surface area (Å²) in [5.41, 5.74) is 3.34. The van der Waals surface area contributed by atoms with Gasteiger partial charge < -0.3 is 9.88 Å². The minimum absolute atomic E-state index is 0.231. The zero-order valence-corrected chi connectivity index (χ0v) is 15.7. The summed E-state index contributed by atoms with van der Waals surface area (Å²) in [6.07, 6.45) is 9.20. The molecule has 1 fully saturated rings. The van der Waals surface area contributed by atoms with E-state index in [0.29, 0.717) is 6.42 Å². The number of nitrogens with one attached hydrogen (secondary N) is 1. The normalized spacial score (nSPS) is 19.7. The zero-order chi connectivity index (χ0) is 18.1. The van der Waals surface area contributed by atoms with Crippen LogP contribution >= 0.6 is 0 Å². The molecule has 1 amide bonds. The maximum atomic E-state index is 12.6. The first kappa shape index (κ1) is 17.3. The molecule has 0 radical (unpaired) electrons. The Labute approximate surface area is 154 Å². The van der Waals surface area contributed by atoms with E-state index in [-0.39, 0.29) is 11.4 Å². The molecule has 7 nitrogen and oxygen atoms in total. The summed E-state index contributed by atoms with van der Waals surface area (Å²) in [6.45, 7) is 8.62.